The van der Waals surface area contributed by atoms with Gasteiger partial charge in [-0.05, 0) is 13.3 Å². The van der Waals surface area contributed by atoms with Crippen molar-refractivity contribution in [3.63, 3.8) is 0 Å². The second kappa shape index (κ2) is 6.16. The molecule has 0 spiro atoms. The number of ether oxygens (including phenoxy) is 1. The van der Waals surface area contributed by atoms with Crippen LogP contribution in [0.3, 0.4) is 0 Å². The van der Waals surface area contributed by atoms with E-state index in [1.54, 1.807) is 14.0 Å². The molecule has 5 heteroatoms. The SMILES string of the molecule is CCOC(=O)N=C(CC)C(N)=NC. The molecule has 0 aromatic carbocycles. The van der Waals surface area contributed by atoms with Gasteiger partial charge in [0.1, 0.15) is 5.84 Å². The number of hydrogen-bond donors (Lipinski definition) is 1. The number of amides is 1. The first-order valence-electron chi connectivity index (χ1n) is 4.12. The largest absolute Gasteiger partial charge is 0.448 e. The minimum Gasteiger partial charge on any atom is -0.448 e. The Morgan fingerprint density at radius 1 is 1.46 bits per heavy atom. The molecule has 0 fully saturated rings. The van der Waals surface area contributed by atoms with E-state index in [0.29, 0.717) is 18.7 Å². The molecule has 0 bridgehead atoms. The highest BCUT2D eigenvalue weighted by Crippen LogP contribution is 1.91. The molecule has 0 aliphatic heterocycles. The molecule has 1 amide bonds. The summed E-state index contributed by atoms with van der Waals surface area (Å²) in [5, 5.41) is 0. The topological polar surface area (TPSA) is 77.0 Å². The van der Waals surface area contributed by atoms with Gasteiger partial charge >= 0.3 is 6.09 Å². The van der Waals surface area contributed by atoms with E-state index in [2.05, 4.69) is 14.7 Å². The average molecular weight is 185 g/mol. The smallest absolute Gasteiger partial charge is 0.433 e. The molecule has 0 aromatic rings. The highest BCUT2D eigenvalue weighted by atomic mass is 16.5. The van der Waals surface area contributed by atoms with Crippen LogP contribution >= 0.6 is 0 Å². The van der Waals surface area contributed by atoms with Crippen LogP contribution in [-0.4, -0.2) is 31.3 Å². The second-order valence-electron chi connectivity index (χ2n) is 2.22. The van der Waals surface area contributed by atoms with Crippen molar-refractivity contribution in [2.75, 3.05) is 13.7 Å². The highest BCUT2D eigenvalue weighted by molar-refractivity contribution is 6.42. The zero-order valence-electron chi connectivity index (χ0n) is 8.20. The third kappa shape index (κ3) is 4.25. The van der Waals surface area contributed by atoms with Gasteiger partial charge < -0.3 is 10.5 Å². The lowest BCUT2D eigenvalue weighted by molar-refractivity contribution is 0.163. The Labute approximate surface area is 77.7 Å². The molecule has 0 aromatic heterocycles. The first-order valence-corrected chi connectivity index (χ1v) is 4.12. The lowest BCUT2D eigenvalue weighted by Gasteiger charge is -2.01. The quantitative estimate of drug-likeness (QED) is 0.526. The van der Waals surface area contributed by atoms with Gasteiger partial charge in [-0.1, -0.05) is 6.92 Å². The summed E-state index contributed by atoms with van der Waals surface area (Å²) < 4.78 is 4.63. The molecule has 0 atom stereocenters. The van der Waals surface area contributed by atoms with Crippen molar-refractivity contribution in [2.24, 2.45) is 15.7 Å². The zero-order chi connectivity index (χ0) is 10.3. The lowest BCUT2D eigenvalue weighted by Crippen LogP contribution is -2.24. The van der Waals surface area contributed by atoms with Crippen LogP contribution in [0.5, 0.6) is 0 Å². The Morgan fingerprint density at radius 2 is 2.08 bits per heavy atom. The maximum Gasteiger partial charge on any atom is 0.433 e. The Bertz CT molecular complexity index is 234. The molecule has 5 nitrogen and oxygen atoms in total. The van der Waals surface area contributed by atoms with Crippen LogP contribution in [0.2, 0.25) is 0 Å². The third-order valence-corrected chi connectivity index (χ3v) is 1.37. The number of nitrogens with two attached hydrogens (primary N) is 1. The van der Waals surface area contributed by atoms with Crippen LogP contribution in [0.4, 0.5) is 4.79 Å². The summed E-state index contributed by atoms with van der Waals surface area (Å²) in [5.41, 5.74) is 5.94. The highest BCUT2D eigenvalue weighted by Gasteiger charge is 2.05. The average Bonchev–Trinajstić information content (AvgIpc) is 2.13. The number of carbonyl (C=O) groups excluding carboxylic acids is 1. The van der Waals surface area contributed by atoms with Gasteiger partial charge in [0.15, 0.2) is 0 Å². The molecular formula is C8H15N3O2. The number of carbonyl (C=O) groups is 1. The minimum atomic E-state index is -0.619. The van der Waals surface area contributed by atoms with E-state index in [0.717, 1.165) is 0 Å². The van der Waals surface area contributed by atoms with Crippen LogP contribution in [0.25, 0.3) is 0 Å². The van der Waals surface area contributed by atoms with Gasteiger partial charge in [0.25, 0.3) is 0 Å². The summed E-state index contributed by atoms with van der Waals surface area (Å²) in [6.45, 7) is 3.87. The second-order valence-corrected chi connectivity index (χ2v) is 2.22. The van der Waals surface area contributed by atoms with Crippen molar-refractivity contribution in [1.82, 2.24) is 0 Å². The van der Waals surface area contributed by atoms with Gasteiger partial charge in [0.2, 0.25) is 0 Å². The normalized spacial score (nSPS) is 12.8. The van der Waals surface area contributed by atoms with E-state index < -0.39 is 6.09 Å². The predicted molar refractivity (Wildman–Crippen MR) is 52.3 cm³/mol. The predicted octanol–water partition coefficient (Wildman–Crippen LogP) is 0.981. The minimum absolute atomic E-state index is 0.274. The fourth-order valence-electron chi connectivity index (χ4n) is 0.712. The van der Waals surface area contributed by atoms with Crippen molar-refractivity contribution in [2.45, 2.75) is 20.3 Å². The van der Waals surface area contributed by atoms with Crippen molar-refractivity contribution in [3.05, 3.63) is 0 Å². The standard InChI is InChI=1S/C8H15N3O2/c1-4-6(7(9)10-3)11-8(12)13-5-2/h4-5H2,1-3H3,(H2,9,10). The Morgan fingerprint density at radius 3 is 2.46 bits per heavy atom. The molecule has 0 saturated carbocycles. The first-order chi connectivity index (χ1) is 6.15. The van der Waals surface area contributed by atoms with E-state index in [4.69, 9.17) is 5.73 Å². The third-order valence-electron chi connectivity index (χ3n) is 1.37. The maximum atomic E-state index is 10.9. The summed E-state index contributed by atoms with van der Waals surface area (Å²) in [5.74, 6) is 0.274. The van der Waals surface area contributed by atoms with Gasteiger partial charge in [0.05, 0.1) is 12.3 Å². The Hall–Kier alpha value is -1.39. The summed E-state index contributed by atoms with van der Waals surface area (Å²) >= 11 is 0. The van der Waals surface area contributed by atoms with E-state index in [9.17, 15) is 4.79 Å². The summed E-state index contributed by atoms with van der Waals surface area (Å²) in [4.78, 5) is 18.3. The summed E-state index contributed by atoms with van der Waals surface area (Å²) in [6.07, 6.45) is -0.0620. The van der Waals surface area contributed by atoms with Crippen LogP contribution in [0.1, 0.15) is 20.3 Å². The van der Waals surface area contributed by atoms with Crippen LogP contribution in [0, 0.1) is 0 Å². The number of amidine groups is 1. The molecule has 13 heavy (non-hydrogen) atoms. The summed E-state index contributed by atoms with van der Waals surface area (Å²) in [6, 6.07) is 0. The summed E-state index contributed by atoms with van der Waals surface area (Å²) in [7, 11) is 1.55. The van der Waals surface area contributed by atoms with E-state index in [1.165, 1.54) is 0 Å². The molecule has 0 unspecified atom stereocenters. The molecular weight excluding hydrogens is 170 g/mol. The van der Waals surface area contributed by atoms with Crippen molar-refractivity contribution in [3.8, 4) is 0 Å². The zero-order valence-corrected chi connectivity index (χ0v) is 8.20. The molecule has 0 aliphatic rings. The van der Waals surface area contributed by atoms with Gasteiger partial charge in [-0.3, -0.25) is 4.99 Å². The maximum absolute atomic E-state index is 10.9. The van der Waals surface area contributed by atoms with Gasteiger partial charge in [0, 0.05) is 7.05 Å². The van der Waals surface area contributed by atoms with Gasteiger partial charge in [-0.15, -0.1) is 0 Å². The fourth-order valence-corrected chi connectivity index (χ4v) is 0.712. The van der Waals surface area contributed by atoms with Gasteiger partial charge in [-0.2, -0.15) is 4.99 Å². The molecule has 0 heterocycles. The van der Waals surface area contributed by atoms with E-state index in [1.807, 2.05) is 6.92 Å². The number of hydrogen-bond acceptors (Lipinski definition) is 3. The van der Waals surface area contributed by atoms with E-state index >= 15 is 0 Å². The Kier molecular flexibility index (Phi) is 5.50. The molecule has 0 radical (unpaired) electrons. The Balaban J connectivity index is 4.47. The number of rotatable bonds is 3. The monoisotopic (exact) mass is 185 g/mol. The lowest BCUT2D eigenvalue weighted by atomic mass is 10.3. The molecule has 2 N–H and O–H groups in total. The number of aliphatic imine (C=N–C) groups is 2. The van der Waals surface area contributed by atoms with Gasteiger partial charge in [-0.25, -0.2) is 4.79 Å². The van der Waals surface area contributed by atoms with Crippen molar-refractivity contribution in [1.29, 1.82) is 0 Å². The fraction of sp³-hybridized carbons (Fsp3) is 0.625. The number of nitrogens with zero attached hydrogens (tertiary/aromatic N) is 2. The van der Waals surface area contributed by atoms with Crippen LogP contribution in [-0.2, 0) is 4.74 Å². The first kappa shape index (κ1) is 11.6. The van der Waals surface area contributed by atoms with Crippen LogP contribution in [0.15, 0.2) is 9.98 Å². The molecule has 0 aliphatic carbocycles. The van der Waals surface area contributed by atoms with Crippen LogP contribution < -0.4 is 5.73 Å². The van der Waals surface area contributed by atoms with E-state index in [-0.39, 0.29) is 5.84 Å². The molecule has 0 rings (SSSR count). The molecule has 74 valence electrons. The van der Waals surface area contributed by atoms with Crippen molar-refractivity contribution < 1.29 is 9.53 Å². The molecule has 0 saturated heterocycles. The van der Waals surface area contributed by atoms with Crippen molar-refractivity contribution >= 4 is 17.6 Å².